The fraction of sp³-hybridized carbons (Fsp3) is 0.588. The van der Waals surface area contributed by atoms with Crippen LogP contribution in [-0.4, -0.2) is 37.1 Å². The molecule has 2 aliphatic rings. The van der Waals surface area contributed by atoms with E-state index in [2.05, 4.69) is 11.9 Å². The van der Waals surface area contributed by atoms with Gasteiger partial charge >= 0.3 is 5.97 Å². The van der Waals surface area contributed by atoms with Gasteiger partial charge in [0.25, 0.3) is 0 Å². The van der Waals surface area contributed by atoms with Crippen molar-refractivity contribution in [2.24, 2.45) is 11.8 Å². The zero-order valence-electron chi connectivity index (χ0n) is 12.7. The minimum Gasteiger partial charge on any atom is -0.459 e. The molecule has 2 fully saturated rings. The minimum atomic E-state index is -0.296. The maximum atomic E-state index is 12.3. The summed E-state index contributed by atoms with van der Waals surface area (Å²) >= 11 is 11.8. The summed E-state index contributed by atoms with van der Waals surface area (Å²) in [7, 11) is 2.19. The van der Waals surface area contributed by atoms with Crippen LogP contribution in [0.1, 0.15) is 36.0 Å². The number of carbonyl (C=O) groups excluding carboxylic acids is 1. The van der Waals surface area contributed by atoms with E-state index >= 15 is 0 Å². The molecule has 1 aromatic carbocycles. The summed E-state index contributed by atoms with van der Waals surface area (Å²) in [4.78, 5) is 14.7. The summed E-state index contributed by atoms with van der Waals surface area (Å²) < 4.78 is 5.69. The number of hydrogen-bond acceptors (Lipinski definition) is 3. The molecule has 0 amide bonds. The van der Waals surface area contributed by atoms with Crippen LogP contribution in [0, 0.1) is 11.8 Å². The lowest BCUT2D eigenvalue weighted by molar-refractivity contribution is -0.00835. The summed E-state index contributed by atoms with van der Waals surface area (Å²) in [6.45, 7) is 2.33. The highest BCUT2D eigenvalue weighted by molar-refractivity contribution is 6.42. The second-order valence-electron chi connectivity index (χ2n) is 6.54. The van der Waals surface area contributed by atoms with E-state index in [1.807, 2.05) is 0 Å². The number of esters is 1. The van der Waals surface area contributed by atoms with Crippen LogP contribution in [0.2, 0.25) is 10.0 Å². The van der Waals surface area contributed by atoms with Gasteiger partial charge in [0.1, 0.15) is 6.10 Å². The van der Waals surface area contributed by atoms with Gasteiger partial charge in [-0.3, -0.25) is 0 Å². The van der Waals surface area contributed by atoms with Gasteiger partial charge < -0.3 is 9.64 Å². The van der Waals surface area contributed by atoms with Crippen LogP contribution in [0.25, 0.3) is 0 Å². The van der Waals surface area contributed by atoms with E-state index in [9.17, 15) is 4.79 Å². The summed E-state index contributed by atoms with van der Waals surface area (Å²) in [6, 6.07) is 4.87. The average Bonchev–Trinajstić information content (AvgIpc) is 2.50. The Morgan fingerprint density at radius 3 is 2.77 bits per heavy atom. The van der Waals surface area contributed by atoms with Gasteiger partial charge in [0, 0.05) is 6.54 Å². The van der Waals surface area contributed by atoms with Crippen molar-refractivity contribution in [2.75, 3.05) is 20.1 Å². The lowest BCUT2D eigenvalue weighted by Crippen LogP contribution is -2.42. The van der Waals surface area contributed by atoms with Crippen molar-refractivity contribution < 1.29 is 9.53 Å². The van der Waals surface area contributed by atoms with E-state index in [-0.39, 0.29) is 12.1 Å². The largest absolute Gasteiger partial charge is 0.459 e. The van der Waals surface area contributed by atoms with E-state index in [0.717, 1.165) is 31.7 Å². The number of likely N-dealkylation sites (tertiary alicyclic amines) is 1. The molecule has 1 heterocycles. The Morgan fingerprint density at radius 1 is 1.18 bits per heavy atom. The van der Waals surface area contributed by atoms with Gasteiger partial charge in [0.05, 0.1) is 15.6 Å². The Hall–Kier alpha value is -0.770. The van der Waals surface area contributed by atoms with Crippen molar-refractivity contribution in [2.45, 2.75) is 31.8 Å². The first-order chi connectivity index (χ1) is 10.5. The molecule has 1 aromatic rings. The molecular weight excluding hydrogens is 321 g/mol. The van der Waals surface area contributed by atoms with E-state index in [4.69, 9.17) is 27.9 Å². The summed E-state index contributed by atoms with van der Waals surface area (Å²) in [5, 5.41) is 0.834. The number of ether oxygens (including phenoxy) is 1. The average molecular weight is 342 g/mol. The van der Waals surface area contributed by atoms with Crippen LogP contribution >= 0.6 is 23.2 Å². The Kier molecular flexibility index (Phi) is 4.96. The van der Waals surface area contributed by atoms with Crippen molar-refractivity contribution in [1.29, 1.82) is 0 Å². The first-order valence-corrected chi connectivity index (χ1v) is 8.63. The Balaban J connectivity index is 1.59. The number of halogens is 2. The molecule has 0 N–H and O–H groups in total. The number of fused-ring (bicyclic) bond motifs is 1. The topological polar surface area (TPSA) is 29.5 Å². The molecular formula is C17H21Cl2NO2. The normalized spacial score (nSPS) is 29.0. The predicted octanol–water partition coefficient (Wildman–Crippen LogP) is 4.27. The first-order valence-electron chi connectivity index (χ1n) is 7.87. The van der Waals surface area contributed by atoms with Crippen LogP contribution in [-0.2, 0) is 4.74 Å². The van der Waals surface area contributed by atoms with Gasteiger partial charge in [-0.25, -0.2) is 4.79 Å². The van der Waals surface area contributed by atoms with Gasteiger partial charge in [-0.15, -0.1) is 0 Å². The fourth-order valence-electron chi connectivity index (χ4n) is 3.70. The molecule has 1 aliphatic heterocycles. The highest BCUT2D eigenvalue weighted by atomic mass is 35.5. The molecule has 0 radical (unpaired) electrons. The molecule has 1 saturated carbocycles. The first kappa shape index (κ1) is 16.1. The number of rotatable bonds is 2. The number of hydrogen-bond donors (Lipinski definition) is 0. The van der Waals surface area contributed by atoms with Gasteiger partial charge in [0.2, 0.25) is 0 Å². The zero-order valence-corrected chi connectivity index (χ0v) is 14.2. The van der Waals surface area contributed by atoms with Crippen molar-refractivity contribution in [3.05, 3.63) is 33.8 Å². The monoisotopic (exact) mass is 341 g/mol. The molecule has 120 valence electrons. The molecule has 5 heteroatoms. The number of carbonyl (C=O) groups is 1. The zero-order chi connectivity index (χ0) is 15.7. The fourth-order valence-corrected chi connectivity index (χ4v) is 4.00. The third-order valence-electron chi connectivity index (χ3n) is 4.95. The lowest BCUT2D eigenvalue weighted by Gasteiger charge is -2.42. The maximum Gasteiger partial charge on any atom is 0.338 e. The second kappa shape index (κ2) is 6.77. The molecule has 3 rings (SSSR count). The van der Waals surface area contributed by atoms with Crippen LogP contribution in [0.5, 0.6) is 0 Å². The molecule has 1 saturated heterocycles. The Bertz CT molecular complexity index is 564. The lowest BCUT2D eigenvalue weighted by atomic mass is 9.74. The van der Waals surface area contributed by atoms with Crippen LogP contribution in [0.3, 0.4) is 0 Å². The molecule has 22 heavy (non-hydrogen) atoms. The van der Waals surface area contributed by atoms with Crippen LogP contribution in [0.4, 0.5) is 0 Å². The number of nitrogens with zero attached hydrogens (tertiary/aromatic N) is 1. The number of benzene rings is 1. The highest BCUT2D eigenvalue weighted by Gasteiger charge is 2.35. The van der Waals surface area contributed by atoms with Crippen molar-refractivity contribution in [3.63, 3.8) is 0 Å². The SMILES string of the molecule is CN1CCC2CC(OC(=O)c3ccc(Cl)c(Cl)c3)CCC2C1. The van der Waals surface area contributed by atoms with Crippen LogP contribution in [0.15, 0.2) is 18.2 Å². The van der Waals surface area contributed by atoms with Crippen molar-refractivity contribution in [1.82, 2.24) is 4.90 Å². The third-order valence-corrected chi connectivity index (χ3v) is 5.69. The van der Waals surface area contributed by atoms with Gasteiger partial charge in [0.15, 0.2) is 0 Å². The van der Waals surface area contributed by atoms with E-state index < -0.39 is 0 Å². The predicted molar refractivity (Wildman–Crippen MR) is 88.6 cm³/mol. The molecule has 0 aromatic heterocycles. The molecule has 3 atom stereocenters. The minimum absolute atomic E-state index is 0.0339. The smallest absolute Gasteiger partial charge is 0.338 e. The Labute approximate surface area is 141 Å². The van der Waals surface area contributed by atoms with E-state index in [1.165, 1.54) is 13.0 Å². The van der Waals surface area contributed by atoms with E-state index in [0.29, 0.717) is 21.5 Å². The quantitative estimate of drug-likeness (QED) is 0.752. The van der Waals surface area contributed by atoms with E-state index in [1.54, 1.807) is 18.2 Å². The summed E-state index contributed by atoms with van der Waals surface area (Å²) in [5.74, 6) is 1.16. The van der Waals surface area contributed by atoms with Crippen molar-refractivity contribution >= 4 is 29.2 Å². The van der Waals surface area contributed by atoms with Gasteiger partial charge in [-0.1, -0.05) is 23.2 Å². The van der Waals surface area contributed by atoms with Crippen molar-refractivity contribution in [3.8, 4) is 0 Å². The third kappa shape index (κ3) is 3.58. The highest BCUT2D eigenvalue weighted by Crippen LogP contribution is 2.37. The van der Waals surface area contributed by atoms with Crippen LogP contribution < -0.4 is 0 Å². The van der Waals surface area contributed by atoms with Gasteiger partial charge in [-0.05, 0) is 69.3 Å². The standard InChI is InChI=1S/C17H21Cl2NO2/c1-20-7-6-11-8-14(4-2-13(11)10-20)22-17(21)12-3-5-15(18)16(19)9-12/h3,5,9,11,13-14H,2,4,6-8,10H2,1H3. The molecule has 1 aliphatic carbocycles. The molecule has 0 bridgehead atoms. The molecule has 3 nitrogen and oxygen atoms in total. The number of piperidine rings is 1. The molecule has 3 unspecified atom stereocenters. The second-order valence-corrected chi connectivity index (χ2v) is 7.35. The maximum absolute atomic E-state index is 12.3. The molecule has 0 spiro atoms. The summed E-state index contributed by atoms with van der Waals surface area (Å²) in [5.41, 5.74) is 0.472. The van der Waals surface area contributed by atoms with Gasteiger partial charge in [-0.2, -0.15) is 0 Å². The Morgan fingerprint density at radius 2 is 2.00 bits per heavy atom. The summed E-state index contributed by atoms with van der Waals surface area (Å²) in [6.07, 6.45) is 4.34.